The summed E-state index contributed by atoms with van der Waals surface area (Å²) in [6.07, 6.45) is 0. The number of rotatable bonds is 2. The number of hydrogen-bond donors (Lipinski definition) is 1. The quantitative estimate of drug-likeness (QED) is 0.308. The predicted octanol–water partition coefficient (Wildman–Crippen LogP) is -2.08. The fourth-order valence-corrected chi connectivity index (χ4v) is 0.602. The molecular weight excluding hydrogens is 153 g/mol. The van der Waals surface area contributed by atoms with Crippen LogP contribution in [0.3, 0.4) is 0 Å². The Labute approximate surface area is 88.3 Å². The number of nitrogen functional groups attached to an aromatic ring is 1. The predicted molar refractivity (Wildman–Crippen MR) is 38.7 cm³/mol. The van der Waals surface area contributed by atoms with E-state index >= 15 is 0 Å². The van der Waals surface area contributed by atoms with Crippen molar-refractivity contribution in [1.29, 1.82) is 0 Å². The number of anilines is 1. The third-order valence-electron chi connectivity index (χ3n) is 1.06. The average molecular weight is 161 g/mol. The molecule has 0 radical (unpaired) electrons. The molecule has 0 aromatic heterocycles. The minimum atomic E-state index is 0. The molecule has 0 saturated heterocycles. The Morgan fingerprint density at radius 1 is 1.36 bits per heavy atom. The summed E-state index contributed by atoms with van der Waals surface area (Å²) >= 11 is 0. The minimum Gasteiger partial charge on any atom is -1.00 e. The summed E-state index contributed by atoms with van der Waals surface area (Å²) in [4.78, 5) is 9.81. The standard InChI is InChI=1S/C7H7NO2.Na.H/c8-6-1-3-7(4-2-6)10-5-9;;/h1-5H,8H2;;/q;+1;-1. The van der Waals surface area contributed by atoms with Gasteiger partial charge in [-0.25, -0.2) is 0 Å². The maximum atomic E-state index is 9.81. The topological polar surface area (TPSA) is 52.3 Å². The molecular formula is C7H8NNaO2. The second-order valence-corrected chi connectivity index (χ2v) is 1.78. The molecule has 0 spiro atoms. The fourth-order valence-electron chi connectivity index (χ4n) is 0.602. The third-order valence-corrected chi connectivity index (χ3v) is 1.06. The molecule has 0 aliphatic carbocycles. The molecule has 0 amide bonds. The van der Waals surface area contributed by atoms with E-state index in [0.29, 0.717) is 17.9 Å². The second-order valence-electron chi connectivity index (χ2n) is 1.78. The number of carbonyl (C=O) groups is 1. The Morgan fingerprint density at radius 3 is 2.36 bits per heavy atom. The van der Waals surface area contributed by atoms with Gasteiger partial charge in [-0.1, -0.05) is 0 Å². The van der Waals surface area contributed by atoms with Gasteiger partial charge in [0.25, 0.3) is 6.47 Å². The van der Waals surface area contributed by atoms with Crippen molar-refractivity contribution in [3.8, 4) is 5.75 Å². The minimum absolute atomic E-state index is 0. The van der Waals surface area contributed by atoms with Gasteiger partial charge in [0.15, 0.2) is 0 Å². The zero-order chi connectivity index (χ0) is 7.40. The van der Waals surface area contributed by atoms with Gasteiger partial charge < -0.3 is 11.9 Å². The molecule has 0 heterocycles. The molecule has 1 rings (SSSR count). The molecule has 4 heteroatoms. The van der Waals surface area contributed by atoms with Crippen LogP contribution in [-0.4, -0.2) is 6.47 Å². The summed E-state index contributed by atoms with van der Waals surface area (Å²) < 4.78 is 4.52. The van der Waals surface area contributed by atoms with Crippen molar-refractivity contribution < 1.29 is 40.5 Å². The summed E-state index contributed by atoms with van der Waals surface area (Å²) in [5.41, 5.74) is 6.03. The first kappa shape index (κ1) is 10.5. The normalized spacial score (nSPS) is 8.00. The maximum absolute atomic E-state index is 9.81. The van der Waals surface area contributed by atoms with Crippen LogP contribution >= 0.6 is 0 Å². The Bertz CT molecular complexity index is 227. The Balaban J connectivity index is 0. The van der Waals surface area contributed by atoms with Gasteiger partial charge in [0.05, 0.1) is 0 Å². The molecule has 0 fully saturated rings. The Kier molecular flexibility index (Phi) is 4.94. The third kappa shape index (κ3) is 3.41. The van der Waals surface area contributed by atoms with Crippen molar-refractivity contribution in [3.05, 3.63) is 24.3 Å². The number of carbonyl (C=O) groups excluding carboxylic acids is 1. The molecule has 0 atom stereocenters. The van der Waals surface area contributed by atoms with Crippen LogP contribution in [0.15, 0.2) is 24.3 Å². The first-order valence-electron chi connectivity index (χ1n) is 2.79. The molecule has 54 valence electrons. The molecule has 0 bridgehead atoms. The number of nitrogens with two attached hydrogens (primary N) is 1. The van der Waals surface area contributed by atoms with Gasteiger partial charge in [-0.2, -0.15) is 0 Å². The van der Waals surface area contributed by atoms with Crippen LogP contribution in [0, 0.1) is 0 Å². The zero-order valence-electron chi connectivity index (χ0n) is 7.28. The largest absolute Gasteiger partial charge is 1.00 e. The number of benzene rings is 1. The van der Waals surface area contributed by atoms with Gasteiger partial charge in [0.2, 0.25) is 0 Å². The first-order chi connectivity index (χ1) is 4.83. The Morgan fingerprint density at radius 2 is 1.91 bits per heavy atom. The molecule has 11 heavy (non-hydrogen) atoms. The van der Waals surface area contributed by atoms with Gasteiger partial charge in [0, 0.05) is 5.69 Å². The van der Waals surface area contributed by atoms with E-state index < -0.39 is 0 Å². The van der Waals surface area contributed by atoms with E-state index in [1.807, 2.05) is 0 Å². The molecule has 0 aliphatic rings. The van der Waals surface area contributed by atoms with Crippen molar-refractivity contribution in [2.45, 2.75) is 0 Å². The van der Waals surface area contributed by atoms with Gasteiger partial charge >= 0.3 is 29.6 Å². The zero-order valence-corrected chi connectivity index (χ0v) is 8.28. The van der Waals surface area contributed by atoms with Crippen LogP contribution in [0.5, 0.6) is 5.75 Å². The van der Waals surface area contributed by atoms with E-state index in [-0.39, 0.29) is 31.0 Å². The van der Waals surface area contributed by atoms with Crippen LogP contribution < -0.4 is 40.0 Å². The van der Waals surface area contributed by atoms with E-state index in [9.17, 15) is 4.79 Å². The van der Waals surface area contributed by atoms with Crippen molar-refractivity contribution in [3.63, 3.8) is 0 Å². The van der Waals surface area contributed by atoms with Gasteiger partial charge in [-0.05, 0) is 24.3 Å². The van der Waals surface area contributed by atoms with Gasteiger partial charge in [-0.3, -0.25) is 4.79 Å². The average Bonchev–Trinajstić information content (AvgIpc) is 1.95. The summed E-state index contributed by atoms with van der Waals surface area (Å²) in [6.45, 7) is 0.380. The van der Waals surface area contributed by atoms with E-state index in [0.717, 1.165) is 0 Å². The first-order valence-corrected chi connectivity index (χ1v) is 2.79. The SMILES string of the molecule is Nc1ccc(OC=O)cc1.[H-].[Na+]. The van der Waals surface area contributed by atoms with Crippen LogP contribution in [0.2, 0.25) is 0 Å². The van der Waals surface area contributed by atoms with Crippen LogP contribution in [0.25, 0.3) is 0 Å². The smallest absolute Gasteiger partial charge is 1.00 e. The Hall–Kier alpha value is -0.510. The van der Waals surface area contributed by atoms with Crippen molar-refractivity contribution in [1.82, 2.24) is 0 Å². The van der Waals surface area contributed by atoms with E-state index in [1.54, 1.807) is 24.3 Å². The van der Waals surface area contributed by atoms with Crippen molar-refractivity contribution in [2.75, 3.05) is 5.73 Å². The summed E-state index contributed by atoms with van der Waals surface area (Å²) in [5, 5.41) is 0. The maximum Gasteiger partial charge on any atom is 1.00 e. The van der Waals surface area contributed by atoms with Crippen molar-refractivity contribution in [2.24, 2.45) is 0 Å². The van der Waals surface area contributed by atoms with Crippen molar-refractivity contribution >= 4 is 12.2 Å². The van der Waals surface area contributed by atoms with E-state index in [4.69, 9.17) is 5.73 Å². The second kappa shape index (κ2) is 5.18. The van der Waals surface area contributed by atoms with E-state index in [1.165, 1.54) is 0 Å². The van der Waals surface area contributed by atoms with E-state index in [2.05, 4.69) is 4.74 Å². The van der Waals surface area contributed by atoms with Crippen LogP contribution in [0.4, 0.5) is 5.69 Å². The summed E-state index contributed by atoms with van der Waals surface area (Å²) in [7, 11) is 0. The van der Waals surface area contributed by atoms with Crippen LogP contribution in [-0.2, 0) is 4.79 Å². The molecule has 0 aliphatic heterocycles. The monoisotopic (exact) mass is 161 g/mol. The van der Waals surface area contributed by atoms with Gasteiger partial charge in [-0.15, -0.1) is 0 Å². The van der Waals surface area contributed by atoms with Crippen LogP contribution in [0.1, 0.15) is 1.43 Å². The summed E-state index contributed by atoms with van der Waals surface area (Å²) in [6, 6.07) is 6.59. The number of hydrogen-bond acceptors (Lipinski definition) is 3. The molecule has 1 aromatic rings. The molecule has 0 unspecified atom stereocenters. The molecule has 2 N–H and O–H groups in total. The summed E-state index contributed by atoms with van der Waals surface area (Å²) in [5.74, 6) is 0.504. The number of ether oxygens (including phenoxy) is 1. The van der Waals surface area contributed by atoms with Gasteiger partial charge in [0.1, 0.15) is 5.75 Å². The fraction of sp³-hybridized carbons (Fsp3) is 0. The molecule has 3 nitrogen and oxygen atoms in total. The molecule has 1 aromatic carbocycles. The molecule has 0 saturated carbocycles.